The average molecular weight is 282 g/mol. The van der Waals surface area contributed by atoms with Gasteiger partial charge in [-0.1, -0.05) is 24.6 Å². The van der Waals surface area contributed by atoms with Gasteiger partial charge in [0.05, 0.1) is 6.61 Å². The molecule has 0 N–H and O–H groups in total. The summed E-state index contributed by atoms with van der Waals surface area (Å²) in [7, 11) is 0. The Morgan fingerprint density at radius 2 is 2.05 bits per heavy atom. The first-order valence-electron chi connectivity index (χ1n) is 7.38. The summed E-state index contributed by atoms with van der Waals surface area (Å²) in [6.07, 6.45) is 6.22. The summed E-state index contributed by atoms with van der Waals surface area (Å²) in [5.74, 6) is 1.75. The fourth-order valence-corrected chi connectivity index (χ4v) is 3.03. The smallest absolute Gasteiger partial charge is 0.119 e. The molecule has 0 amide bonds. The minimum atomic E-state index is 0.697. The van der Waals surface area contributed by atoms with Gasteiger partial charge in [0.2, 0.25) is 0 Å². The number of hydrogen-bond acceptors (Lipinski definition) is 2. The van der Waals surface area contributed by atoms with Crippen molar-refractivity contribution in [3.8, 4) is 5.75 Å². The maximum atomic E-state index is 5.89. The lowest BCUT2D eigenvalue weighted by Gasteiger charge is -2.35. The summed E-state index contributed by atoms with van der Waals surface area (Å²) in [6, 6.07) is 10.8. The van der Waals surface area contributed by atoms with E-state index in [1.54, 1.807) is 0 Å². The number of piperidine rings is 1. The minimum absolute atomic E-state index is 0.697. The number of ether oxygens (including phenoxy) is 1. The van der Waals surface area contributed by atoms with Crippen LogP contribution in [0, 0.1) is 0 Å². The second-order valence-electron chi connectivity index (χ2n) is 5.18. The lowest BCUT2D eigenvalue weighted by molar-refractivity contribution is 0.134. The molecule has 0 aromatic heterocycles. The van der Waals surface area contributed by atoms with Gasteiger partial charge in [0.1, 0.15) is 5.75 Å². The topological polar surface area (TPSA) is 12.5 Å². The van der Waals surface area contributed by atoms with Gasteiger partial charge in [-0.25, -0.2) is 0 Å². The van der Waals surface area contributed by atoms with Crippen LogP contribution < -0.4 is 4.74 Å². The van der Waals surface area contributed by atoms with E-state index in [-0.39, 0.29) is 0 Å². The van der Waals surface area contributed by atoms with Crippen molar-refractivity contribution in [3.05, 3.63) is 30.3 Å². The van der Waals surface area contributed by atoms with Crippen LogP contribution in [0.4, 0.5) is 0 Å². The highest BCUT2D eigenvalue weighted by Crippen LogP contribution is 2.20. The predicted octanol–water partition coefficient (Wildman–Crippen LogP) is 3.94. The minimum Gasteiger partial charge on any atom is -0.494 e. The van der Waals surface area contributed by atoms with Gasteiger partial charge in [-0.2, -0.15) is 0 Å². The van der Waals surface area contributed by atoms with E-state index >= 15 is 0 Å². The lowest BCUT2D eigenvalue weighted by atomic mass is 10.00. The molecule has 1 heterocycles. The van der Waals surface area contributed by atoms with E-state index in [0.29, 0.717) is 6.04 Å². The Kier molecular flexibility index (Phi) is 6.52. The third kappa shape index (κ3) is 5.04. The van der Waals surface area contributed by atoms with Crippen molar-refractivity contribution in [1.82, 2.24) is 4.90 Å². The van der Waals surface area contributed by atoms with E-state index < -0.39 is 0 Å². The summed E-state index contributed by atoms with van der Waals surface area (Å²) in [4.78, 5) is 2.60. The summed E-state index contributed by atoms with van der Waals surface area (Å²) in [6.45, 7) is 3.16. The molecule has 0 radical (unpaired) electrons. The van der Waals surface area contributed by atoms with Crippen molar-refractivity contribution in [2.75, 3.05) is 25.6 Å². The standard InChI is InChI=1S/C16H24ClNO/c17-11-10-15-7-4-5-12-18(15)13-6-14-19-16-8-2-1-3-9-16/h1-3,8-9,15H,4-7,10-14H2. The molecule has 1 atom stereocenters. The molecule has 1 unspecified atom stereocenters. The zero-order chi connectivity index (χ0) is 13.3. The van der Waals surface area contributed by atoms with Crippen LogP contribution in [0.5, 0.6) is 5.75 Å². The fourth-order valence-electron chi connectivity index (χ4n) is 2.78. The highest BCUT2D eigenvalue weighted by atomic mass is 35.5. The molecule has 1 saturated heterocycles. The van der Waals surface area contributed by atoms with Crippen molar-refractivity contribution >= 4 is 11.6 Å². The normalized spacial score (nSPS) is 20.4. The summed E-state index contributed by atoms with van der Waals surface area (Å²) >= 11 is 5.89. The van der Waals surface area contributed by atoms with Crippen molar-refractivity contribution in [2.45, 2.75) is 38.1 Å². The molecule has 1 fully saturated rings. The van der Waals surface area contributed by atoms with Gasteiger partial charge in [0.25, 0.3) is 0 Å². The molecule has 0 saturated carbocycles. The van der Waals surface area contributed by atoms with E-state index in [2.05, 4.69) is 4.90 Å². The third-order valence-electron chi connectivity index (χ3n) is 3.79. The van der Waals surface area contributed by atoms with Crippen LogP contribution in [0.1, 0.15) is 32.1 Å². The van der Waals surface area contributed by atoms with E-state index in [0.717, 1.165) is 37.6 Å². The molecule has 2 rings (SSSR count). The van der Waals surface area contributed by atoms with Crippen LogP contribution in [-0.2, 0) is 0 Å². The molecule has 106 valence electrons. The molecule has 19 heavy (non-hydrogen) atoms. The van der Waals surface area contributed by atoms with Crippen LogP contribution in [0.2, 0.25) is 0 Å². The van der Waals surface area contributed by atoms with Gasteiger partial charge in [-0.3, -0.25) is 0 Å². The van der Waals surface area contributed by atoms with Crippen LogP contribution in [-0.4, -0.2) is 36.5 Å². The zero-order valence-corrected chi connectivity index (χ0v) is 12.3. The maximum Gasteiger partial charge on any atom is 0.119 e. The lowest BCUT2D eigenvalue weighted by Crippen LogP contribution is -2.40. The number of alkyl halides is 1. The summed E-state index contributed by atoms with van der Waals surface area (Å²) in [5, 5.41) is 0. The summed E-state index contributed by atoms with van der Waals surface area (Å²) < 4.78 is 5.74. The van der Waals surface area contributed by atoms with Crippen LogP contribution in [0.3, 0.4) is 0 Å². The number of rotatable bonds is 7. The van der Waals surface area contributed by atoms with Crippen LogP contribution in [0.15, 0.2) is 30.3 Å². The van der Waals surface area contributed by atoms with Gasteiger partial charge >= 0.3 is 0 Å². The molecule has 1 aliphatic rings. The fraction of sp³-hybridized carbons (Fsp3) is 0.625. The first-order valence-corrected chi connectivity index (χ1v) is 7.91. The Bertz CT molecular complexity index is 342. The maximum absolute atomic E-state index is 5.89. The Morgan fingerprint density at radius 1 is 1.21 bits per heavy atom. The second-order valence-corrected chi connectivity index (χ2v) is 5.56. The molecule has 2 nitrogen and oxygen atoms in total. The molecular weight excluding hydrogens is 258 g/mol. The van der Waals surface area contributed by atoms with Crippen molar-refractivity contribution in [1.29, 1.82) is 0 Å². The van der Waals surface area contributed by atoms with E-state index in [4.69, 9.17) is 16.3 Å². The average Bonchev–Trinajstić information content (AvgIpc) is 2.47. The van der Waals surface area contributed by atoms with Gasteiger partial charge in [-0.15, -0.1) is 11.6 Å². The van der Waals surface area contributed by atoms with E-state index in [9.17, 15) is 0 Å². The molecular formula is C16H24ClNO. The Hall–Kier alpha value is -0.730. The number of hydrogen-bond donors (Lipinski definition) is 0. The number of para-hydroxylation sites is 1. The highest BCUT2D eigenvalue weighted by Gasteiger charge is 2.20. The Labute approximate surface area is 121 Å². The number of nitrogens with zero attached hydrogens (tertiary/aromatic N) is 1. The van der Waals surface area contributed by atoms with Gasteiger partial charge in [0, 0.05) is 18.5 Å². The Balaban J connectivity index is 1.66. The molecule has 1 aromatic rings. The SMILES string of the molecule is ClCCC1CCCCN1CCCOc1ccccc1. The molecule has 3 heteroatoms. The first kappa shape index (κ1) is 14.7. The van der Waals surface area contributed by atoms with Crippen molar-refractivity contribution in [3.63, 3.8) is 0 Å². The highest BCUT2D eigenvalue weighted by molar-refractivity contribution is 6.17. The monoisotopic (exact) mass is 281 g/mol. The zero-order valence-electron chi connectivity index (χ0n) is 11.6. The molecule has 1 aromatic carbocycles. The molecule has 1 aliphatic heterocycles. The summed E-state index contributed by atoms with van der Waals surface area (Å²) in [5.41, 5.74) is 0. The van der Waals surface area contributed by atoms with Crippen LogP contribution >= 0.6 is 11.6 Å². The Morgan fingerprint density at radius 3 is 2.84 bits per heavy atom. The number of halogens is 1. The number of benzene rings is 1. The predicted molar refractivity (Wildman–Crippen MR) is 81.1 cm³/mol. The molecule has 0 spiro atoms. The van der Waals surface area contributed by atoms with Crippen LogP contribution in [0.25, 0.3) is 0 Å². The van der Waals surface area contributed by atoms with Gasteiger partial charge in [0.15, 0.2) is 0 Å². The second kappa shape index (κ2) is 8.44. The molecule has 0 bridgehead atoms. The van der Waals surface area contributed by atoms with Gasteiger partial charge in [-0.05, 0) is 44.4 Å². The van der Waals surface area contributed by atoms with Crippen molar-refractivity contribution in [2.24, 2.45) is 0 Å². The largest absolute Gasteiger partial charge is 0.494 e. The molecule has 0 aliphatic carbocycles. The van der Waals surface area contributed by atoms with Gasteiger partial charge < -0.3 is 9.64 Å². The van der Waals surface area contributed by atoms with E-state index in [1.165, 1.54) is 25.8 Å². The number of likely N-dealkylation sites (tertiary alicyclic amines) is 1. The first-order chi connectivity index (χ1) is 9.40. The van der Waals surface area contributed by atoms with Crippen molar-refractivity contribution < 1.29 is 4.74 Å². The quantitative estimate of drug-likeness (QED) is 0.554. The van der Waals surface area contributed by atoms with E-state index in [1.807, 2.05) is 30.3 Å². The third-order valence-corrected chi connectivity index (χ3v) is 4.01.